The summed E-state index contributed by atoms with van der Waals surface area (Å²) in [6.07, 6.45) is 4.89. The molecule has 3 heterocycles. The van der Waals surface area contributed by atoms with Crippen LogP contribution in [0.4, 0.5) is 0 Å². The zero-order chi connectivity index (χ0) is 21.8. The van der Waals surface area contributed by atoms with Crippen LogP contribution in [0.2, 0.25) is 0 Å². The van der Waals surface area contributed by atoms with Crippen LogP contribution in [-0.4, -0.2) is 21.0 Å². The highest BCUT2D eigenvalue weighted by molar-refractivity contribution is 6.17. The number of fused-ring (bicyclic) bond motifs is 3. The average molecular weight is 415 g/mol. The summed E-state index contributed by atoms with van der Waals surface area (Å²) in [6, 6.07) is 14.8. The van der Waals surface area contributed by atoms with E-state index in [0.29, 0.717) is 18.1 Å². The quantitative estimate of drug-likeness (QED) is 0.451. The Balaban J connectivity index is 0.000000730. The lowest BCUT2D eigenvalue weighted by atomic mass is 9.93. The molecule has 0 saturated heterocycles. The second kappa shape index (κ2) is 9.00. The molecule has 5 rings (SSSR count). The summed E-state index contributed by atoms with van der Waals surface area (Å²) in [4.78, 5) is 9.30. The minimum absolute atomic E-state index is 0.217. The standard InChI is InChI=1S/C22H17N3O3.C3H8/c1-13-20-16-4-2-3-5-17(16)21(14-6-8-15(26)9-7-14)24-18(22(20)28-25-13)12-19-23-10-11-27-19;1-3-2/h2-11,18,26H,12H2,1H3;3H2,1-2H3. The molecule has 1 aliphatic heterocycles. The number of phenolic OH excluding ortho intramolecular Hbond substituents is 1. The normalized spacial score (nSPS) is 14.5. The lowest BCUT2D eigenvalue weighted by Crippen LogP contribution is -2.07. The van der Waals surface area contributed by atoms with Crippen LogP contribution in [0, 0.1) is 6.92 Å². The topological polar surface area (TPSA) is 84.7 Å². The van der Waals surface area contributed by atoms with Crippen molar-refractivity contribution in [2.75, 3.05) is 0 Å². The summed E-state index contributed by atoms with van der Waals surface area (Å²) in [7, 11) is 0. The van der Waals surface area contributed by atoms with Crippen LogP contribution in [0.3, 0.4) is 0 Å². The molecule has 1 unspecified atom stereocenters. The van der Waals surface area contributed by atoms with Gasteiger partial charge in [-0.3, -0.25) is 4.99 Å². The molecule has 0 aliphatic carbocycles. The Hall–Kier alpha value is -3.67. The van der Waals surface area contributed by atoms with Crippen LogP contribution >= 0.6 is 0 Å². The van der Waals surface area contributed by atoms with Crippen molar-refractivity contribution in [1.82, 2.24) is 10.1 Å². The van der Waals surface area contributed by atoms with Crippen molar-refractivity contribution in [2.45, 2.75) is 39.7 Å². The second-order valence-corrected chi connectivity index (χ2v) is 7.43. The molecule has 0 fully saturated rings. The third-order valence-corrected chi connectivity index (χ3v) is 4.92. The molecule has 2 aromatic heterocycles. The summed E-state index contributed by atoms with van der Waals surface area (Å²) in [5.74, 6) is 1.51. The molecule has 4 aromatic rings. The number of benzene rings is 2. The Kier molecular flexibility index (Phi) is 5.98. The Morgan fingerprint density at radius 2 is 1.71 bits per heavy atom. The van der Waals surface area contributed by atoms with Crippen molar-refractivity contribution < 1.29 is 14.0 Å². The zero-order valence-electron chi connectivity index (χ0n) is 17.9. The van der Waals surface area contributed by atoms with E-state index >= 15 is 0 Å². The summed E-state index contributed by atoms with van der Waals surface area (Å²) in [5, 5.41) is 13.9. The van der Waals surface area contributed by atoms with E-state index in [4.69, 9.17) is 13.9 Å². The molecule has 0 amide bonds. The first-order valence-corrected chi connectivity index (χ1v) is 10.4. The average Bonchev–Trinajstić information content (AvgIpc) is 3.39. The van der Waals surface area contributed by atoms with Gasteiger partial charge in [0.05, 0.1) is 29.6 Å². The molecule has 2 aromatic carbocycles. The number of nitrogens with zero attached hydrogens (tertiary/aromatic N) is 3. The summed E-state index contributed by atoms with van der Waals surface area (Å²) >= 11 is 0. The van der Waals surface area contributed by atoms with Gasteiger partial charge in [-0.25, -0.2) is 4.98 Å². The van der Waals surface area contributed by atoms with E-state index in [2.05, 4.69) is 30.1 Å². The predicted octanol–water partition coefficient (Wildman–Crippen LogP) is 5.89. The summed E-state index contributed by atoms with van der Waals surface area (Å²) < 4.78 is 11.2. The van der Waals surface area contributed by atoms with Gasteiger partial charge < -0.3 is 14.0 Å². The van der Waals surface area contributed by atoms with Crippen LogP contribution in [0.1, 0.15) is 54.8 Å². The number of aromatic hydroxyl groups is 1. The number of rotatable bonds is 3. The minimum Gasteiger partial charge on any atom is -0.508 e. The fraction of sp³-hybridized carbons (Fsp3) is 0.240. The van der Waals surface area contributed by atoms with E-state index in [9.17, 15) is 5.11 Å². The van der Waals surface area contributed by atoms with Gasteiger partial charge in [0.1, 0.15) is 18.1 Å². The number of oxazole rings is 1. The molecular weight excluding hydrogens is 390 g/mol. The van der Waals surface area contributed by atoms with Gasteiger partial charge >= 0.3 is 0 Å². The van der Waals surface area contributed by atoms with Crippen LogP contribution < -0.4 is 0 Å². The van der Waals surface area contributed by atoms with Gasteiger partial charge in [-0.05, 0) is 36.8 Å². The first-order chi connectivity index (χ1) is 15.1. The Morgan fingerprint density at radius 1 is 1.00 bits per heavy atom. The van der Waals surface area contributed by atoms with Crippen LogP contribution in [0.15, 0.2) is 74.9 Å². The predicted molar refractivity (Wildman–Crippen MR) is 119 cm³/mol. The third kappa shape index (κ3) is 4.14. The Morgan fingerprint density at radius 3 is 2.39 bits per heavy atom. The van der Waals surface area contributed by atoms with Crippen molar-refractivity contribution >= 4 is 5.71 Å². The van der Waals surface area contributed by atoms with Gasteiger partial charge in [0, 0.05) is 11.1 Å². The molecule has 158 valence electrons. The SMILES string of the molecule is CCC.Cc1noc2c1-c1ccccc1C(c1ccc(O)cc1)=NC2Cc1ncco1. The fourth-order valence-corrected chi connectivity index (χ4v) is 3.64. The molecule has 1 atom stereocenters. The van der Waals surface area contributed by atoms with E-state index in [1.165, 1.54) is 6.42 Å². The highest BCUT2D eigenvalue weighted by Gasteiger charge is 2.31. The monoisotopic (exact) mass is 415 g/mol. The number of hydrogen-bond acceptors (Lipinski definition) is 6. The van der Waals surface area contributed by atoms with E-state index in [0.717, 1.165) is 33.7 Å². The maximum Gasteiger partial charge on any atom is 0.196 e. The van der Waals surface area contributed by atoms with Crippen molar-refractivity contribution in [3.05, 3.63) is 89.5 Å². The number of aromatic nitrogens is 2. The van der Waals surface area contributed by atoms with Gasteiger partial charge in [0.2, 0.25) is 0 Å². The molecule has 31 heavy (non-hydrogen) atoms. The first kappa shape index (κ1) is 20.6. The molecule has 6 nitrogen and oxygen atoms in total. The van der Waals surface area contributed by atoms with Gasteiger partial charge in [-0.15, -0.1) is 0 Å². The van der Waals surface area contributed by atoms with E-state index in [1.807, 2.05) is 37.3 Å². The largest absolute Gasteiger partial charge is 0.508 e. The van der Waals surface area contributed by atoms with Crippen molar-refractivity contribution in [3.8, 4) is 16.9 Å². The molecule has 1 aliphatic rings. The second-order valence-electron chi connectivity index (χ2n) is 7.43. The maximum absolute atomic E-state index is 9.69. The van der Waals surface area contributed by atoms with E-state index in [-0.39, 0.29) is 11.8 Å². The van der Waals surface area contributed by atoms with Gasteiger partial charge in [0.15, 0.2) is 11.7 Å². The third-order valence-electron chi connectivity index (χ3n) is 4.92. The van der Waals surface area contributed by atoms with E-state index in [1.54, 1.807) is 24.6 Å². The molecule has 0 radical (unpaired) electrons. The zero-order valence-corrected chi connectivity index (χ0v) is 17.9. The van der Waals surface area contributed by atoms with E-state index < -0.39 is 0 Å². The first-order valence-electron chi connectivity index (χ1n) is 10.4. The van der Waals surface area contributed by atoms with Crippen molar-refractivity contribution in [1.29, 1.82) is 0 Å². The van der Waals surface area contributed by atoms with Gasteiger partial charge in [-0.2, -0.15) is 0 Å². The lowest BCUT2D eigenvalue weighted by molar-refractivity contribution is 0.350. The van der Waals surface area contributed by atoms with Crippen LogP contribution in [-0.2, 0) is 6.42 Å². The van der Waals surface area contributed by atoms with Crippen molar-refractivity contribution in [3.63, 3.8) is 0 Å². The Bertz CT molecular complexity index is 1180. The highest BCUT2D eigenvalue weighted by Crippen LogP contribution is 2.40. The number of aryl methyl sites for hydroxylation is 1. The van der Waals surface area contributed by atoms with Crippen LogP contribution in [0.25, 0.3) is 11.1 Å². The summed E-state index contributed by atoms with van der Waals surface area (Å²) in [6.45, 7) is 6.19. The summed E-state index contributed by atoms with van der Waals surface area (Å²) in [5.41, 5.74) is 5.55. The fourth-order valence-electron chi connectivity index (χ4n) is 3.64. The maximum atomic E-state index is 9.69. The lowest BCUT2D eigenvalue weighted by Gasteiger charge is -2.11. The highest BCUT2D eigenvalue weighted by atomic mass is 16.5. The van der Waals surface area contributed by atoms with Gasteiger partial charge in [-0.1, -0.05) is 49.7 Å². The van der Waals surface area contributed by atoms with Crippen LogP contribution in [0.5, 0.6) is 5.75 Å². The molecule has 6 heteroatoms. The minimum atomic E-state index is -0.328. The molecule has 0 saturated carbocycles. The number of phenols is 1. The Labute approximate surface area is 181 Å². The number of hydrogen-bond donors (Lipinski definition) is 1. The van der Waals surface area contributed by atoms with Gasteiger partial charge in [0.25, 0.3) is 0 Å². The smallest absolute Gasteiger partial charge is 0.196 e. The molecule has 0 spiro atoms. The molecule has 1 N–H and O–H groups in total. The molecular formula is C25H25N3O3. The van der Waals surface area contributed by atoms with Crippen molar-refractivity contribution in [2.24, 2.45) is 4.99 Å². The molecule has 0 bridgehead atoms. The number of aliphatic imine (C=N–C) groups is 1.